The average Bonchev–Trinajstić information content (AvgIpc) is 2.76. The van der Waals surface area contributed by atoms with E-state index in [-0.39, 0.29) is 23.8 Å². The molecule has 0 saturated heterocycles. The third-order valence-electron chi connectivity index (χ3n) is 5.41. The highest BCUT2D eigenvalue weighted by molar-refractivity contribution is 5.95. The molecule has 6 heteroatoms. The quantitative estimate of drug-likeness (QED) is 0.627. The molecule has 1 unspecified atom stereocenters. The summed E-state index contributed by atoms with van der Waals surface area (Å²) in [6.45, 7) is 8.30. The van der Waals surface area contributed by atoms with Crippen molar-refractivity contribution < 1.29 is 14.3 Å². The van der Waals surface area contributed by atoms with Gasteiger partial charge in [0.15, 0.2) is 0 Å². The van der Waals surface area contributed by atoms with E-state index in [0.717, 1.165) is 29.1 Å². The van der Waals surface area contributed by atoms with Gasteiger partial charge in [-0.1, -0.05) is 20.8 Å². The Morgan fingerprint density at radius 1 is 1.03 bits per heavy atom. The van der Waals surface area contributed by atoms with E-state index in [0.29, 0.717) is 12.1 Å². The van der Waals surface area contributed by atoms with E-state index in [1.807, 2.05) is 55.9 Å². The number of hydrogen-bond donors (Lipinski definition) is 1. The first-order valence-corrected chi connectivity index (χ1v) is 10.7. The zero-order valence-corrected chi connectivity index (χ0v) is 19.7. The van der Waals surface area contributed by atoms with Gasteiger partial charge in [-0.3, -0.25) is 9.59 Å². The molecule has 0 bridgehead atoms. The predicted octanol–water partition coefficient (Wildman–Crippen LogP) is 4.80. The fourth-order valence-electron chi connectivity index (χ4n) is 3.24. The summed E-state index contributed by atoms with van der Waals surface area (Å²) in [5, 5.41) is 2.96. The molecule has 1 atom stereocenters. The molecule has 2 rings (SSSR count). The zero-order valence-electron chi connectivity index (χ0n) is 19.7. The summed E-state index contributed by atoms with van der Waals surface area (Å²) in [7, 11) is 5.56. The van der Waals surface area contributed by atoms with Gasteiger partial charge >= 0.3 is 0 Å². The molecule has 0 aromatic heterocycles. The summed E-state index contributed by atoms with van der Waals surface area (Å²) in [6, 6.07) is 13.1. The lowest BCUT2D eigenvalue weighted by atomic mass is 10.1. The Hall–Kier alpha value is -3.02. The van der Waals surface area contributed by atoms with Crippen molar-refractivity contribution in [3.8, 4) is 5.75 Å². The number of rotatable bonds is 9. The molecule has 2 aromatic rings. The van der Waals surface area contributed by atoms with Gasteiger partial charge in [0.25, 0.3) is 5.91 Å². The van der Waals surface area contributed by atoms with Gasteiger partial charge in [0.1, 0.15) is 5.75 Å². The largest absolute Gasteiger partial charge is 0.497 e. The van der Waals surface area contributed by atoms with Crippen LogP contribution in [-0.4, -0.2) is 44.0 Å². The lowest BCUT2D eigenvalue weighted by Gasteiger charge is -2.31. The summed E-state index contributed by atoms with van der Waals surface area (Å²) in [4.78, 5) is 29.5. The molecule has 0 aliphatic carbocycles. The van der Waals surface area contributed by atoms with Crippen LogP contribution in [0.25, 0.3) is 0 Å². The van der Waals surface area contributed by atoms with Crippen LogP contribution in [0.1, 0.15) is 50.0 Å². The molecule has 0 aliphatic heterocycles. The van der Waals surface area contributed by atoms with Crippen molar-refractivity contribution in [3.05, 3.63) is 53.6 Å². The van der Waals surface area contributed by atoms with Gasteiger partial charge in [-0.15, -0.1) is 0 Å². The molecule has 2 amide bonds. The number of amides is 2. The van der Waals surface area contributed by atoms with Gasteiger partial charge < -0.3 is 19.9 Å². The predicted molar refractivity (Wildman–Crippen MR) is 127 cm³/mol. The molecule has 0 aliphatic rings. The van der Waals surface area contributed by atoms with Gasteiger partial charge in [0, 0.05) is 49.5 Å². The van der Waals surface area contributed by atoms with Gasteiger partial charge in [-0.25, -0.2) is 0 Å². The highest BCUT2D eigenvalue weighted by Crippen LogP contribution is 2.27. The van der Waals surface area contributed by atoms with E-state index in [1.54, 1.807) is 31.4 Å². The number of methoxy groups -OCH3 is 1. The number of anilines is 2. The van der Waals surface area contributed by atoms with Crippen LogP contribution >= 0.6 is 0 Å². The van der Waals surface area contributed by atoms with E-state index in [1.165, 1.54) is 0 Å². The summed E-state index contributed by atoms with van der Waals surface area (Å²) < 4.78 is 5.21. The second-order valence-corrected chi connectivity index (χ2v) is 8.30. The second kappa shape index (κ2) is 10.8. The second-order valence-electron chi connectivity index (χ2n) is 8.30. The number of nitrogens with one attached hydrogen (secondary N) is 1. The van der Waals surface area contributed by atoms with Crippen LogP contribution in [0.5, 0.6) is 5.75 Å². The highest BCUT2D eigenvalue weighted by Gasteiger charge is 2.23. The van der Waals surface area contributed by atoms with Crippen molar-refractivity contribution in [2.75, 3.05) is 31.4 Å². The van der Waals surface area contributed by atoms with Gasteiger partial charge in [0.2, 0.25) is 5.91 Å². The van der Waals surface area contributed by atoms with Crippen LogP contribution in [0.2, 0.25) is 0 Å². The molecule has 2 aromatic carbocycles. The van der Waals surface area contributed by atoms with Gasteiger partial charge in [-0.2, -0.15) is 0 Å². The normalized spacial score (nSPS) is 11.7. The van der Waals surface area contributed by atoms with Crippen LogP contribution in [0.4, 0.5) is 11.4 Å². The minimum absolute atomic E-state index is 0.0293. The van der Waals surface area contributed by atoms with Crippen molar-refractivity contribution in [2.45, 2.75) is 46.7 Å². The number of nitrogens with zero attached hydrogens (tertiary/aromatic N) is 2. The van der Waals surface area contributed by atoms with E-state index in [2.05, 4.69) is 19.2 Å². The van der Waals surface area contributed by atoms with Crippen molar-refractivity contribution in [3.63, 3.8) is 0 Å². The molecule has 1 N–H and O–H groups in total. The third kappa shape index (κ3) is 6.23. The van der Waals surface area contributed by atoms with Gasteiger partial charge in [-0.05, 0) is 61.4 Å². The molecule has 0 radical (unpaired) electrons. The maximum atomic E-state index is 13.4. The average molecular weight is 426 g/mol. The van der Waals surface area contributed by atoms with Gasteiger partial charge in [0.05, 0.1) is 7.11 Å². The Kier molecular flexibility index (Phi) is 8.48. The van der Waals surface area contributed by atoms with E-state index < -0.39 is 0 Å². The Labute approximate surface area is 186 Å². The summed E-state index contributed by atoms with van der Waals surface area (Å²) in [5.74, 6) is 0.551. The molecular weight excluding hydrogens is 390 g/mol. The van der Waals surface area contributed by atoms with Crippen LogP contribution in [-0.2, 0) is 11.3 Å². The molecule has 168 valence electrons. The number of carbonyl (C=O) groups excluding carboxylic acids is 2. The molecular formula is C25H35N3O3. The molecule has 0 heterocycles. The number of ether oxygens (including phenoxy) is 1. The summed E-state index contributed by atoms with van der Waals surface area (Å²) >= 11 is 0. The Balaban J connectivity index is 2.39. The smallest absolute Gasteiger partial charge is 0.254 e. The Morgan fingerprint density at radius 3 is 2.19 bits per heavy atom. The number of carbonyl (C=O) groups is 2. The lowest BCUT2D eigenvalue weighted by molar-refractivity contribution is -0.118. The van der Waals surface area contributed by atoms with Crippen LogP contribution < -0.4 is 15.0 Å². The monoisotopic (exact) mass is 425 g/mol. The zero-order chi connectivity index (χ0) is 23.1. The van der Waals surface area contributed by atoms with E-state index in [4.69, 9.17) is 4.74 Å². The van der Waals surface area contributed by atoms with Crippen LogP contribution in [0, 0.1) is 5.92 Å². The van der Waals surface area contributed by atoms with Crippen molar-refractivity contribution in [1.82, 2.24) is 4.90 Å². The topological polar surface area (TPSA) is 61.9 Å². The van der Waals surface area contributed by atoms with Crippen LogP contribution in [0.15, 0.2) is 42.5 Å². The van der Waals surface area contributed by atoms with Crippen molar-refractivity contribution in [1.29, 1.82) is 0 Å². The molecule has 0 fully saturated rings. The Morgan fingerprint density at radius 2 is 1.68 bits per heavy atom. The molecule has 0 spiro atoms. The summed E-state index contributed by atoms with van der Waals surface area (Å²) in [5.41, 5.74) is 3.35. The maximum absolute atomic E-state index is 13.4. The number of benzene rings is 2. The number of hydrogen-bond acceptors (Lipinski definition) is 4. The minimum atomic E-state index is -0.106. The highest BCUT2D eigenvalue weighted by atomic mass is 16.5. The van der Waals surface area contributed by atoms with E-state index in [9.17, 15) is 9.59 Å². The maximum Gasteiger partial charge on any atom is 0.254 e. The fourth-order valence-corrected chi connectivity index (χ4v) is 3.24. The molecule has 0 saturated carbocycles. The first-order chi connectivity index (χ1) is 14.7. The van der Waals surface area contributed by atoms with Crippen LogP contribution in [0.3, 0.4) is 0 Å². The minimum Gasteiger partial charge on any atom is -0.497 e. The first kappa shape index (κ1) is 24.3. The fraction of sp³-hybridized carbons (Fsp3) is 0.440. The lowest BCUT2D eigenvalue weighted by Crippen LogP contribution is -2.38. The van der Waals surface area contributed by atoms with E-state index >= 15 is 0 Å². The first-order valence-electron chi connectivity index (χ1n) is 10.7. The SMILES string of the molecule is CCC(C)N(Cc1cc(NC(=O)C(C)C)ccc1N(C)C)C(=O)c1ccc(OC)cc1. The summed E-state index contributed by atoms with van der Waals surface area (Å²) in [6.07, 6.45) is 0.836. The van der Waals surface area contributed by atoms with Crippen molar-refractivity contribution in [2.24, 2.45) is 5.92 Å². The standard InChI is InChI=1S/C25H35N3O3/c1-8-18(4)28(25(30)19-9-12-22(31-7)13-10-19)16-20-15-21(26-24(29)17(2)3)11-14-23(20)27(5)6/h9-15,17-18H,8,16H2,1-7H3,(H,26,29). The Bertz CT molecular complexity index is 891. The molecule has 31 heavy (non-hydrogen) atoms. The van der Waals surface area contributed by atoms with Crippen molar-refractivity contribution >= 4 is 23.2 Å². The molecule has 6 nitrogen and oxygen atoms in total. The third-order valence-corrected chi connectivity index (χ3v) is 5.41.